The van der Waals surface area contributed by atoms with Gasteiger partial charge in [-0.2, -0.15) is 0 Å². The van der Waals surface area contributed by atoms with Crippen LogP contribution < -0.4 is 4.31 Å². The van der Waals surface area contributed by atoms with Gasteiger partial charge in [0.25, 0.3) is 15.7 Å². The van der Waals surface area contributed by atoms with Crippen LogP contribution in [0.3, 0.4) is 0 Å². The highest BCUT2D eigenvalue weighted by atomic mass is 79.9. The maximum Gasteiger partial charge on any atom is 0.289 e. The number of sulfonamides is 1. The molecule has 0 spiro atoms. The van der Waals surface area contributed by atoms with Crippen LogP contribution in [0.4, 0.5) is 11.4 Å². The lowest BCUT2D eigenvalue weighted by molar-refractivity contribution is -0.387. The number of hydrogen-bond acceptors (Lipinski definition) is 5. The molecule has 0 fully saturated rings. The highest BCUT2D eigenvalue weighted by molar-refractivity contribution is 9.10. The maximum absolute atomic E-state index is 13.0. The Bertz CT molecular complexity index is 1000. The third-order valence-corrected chi connectivity index (χ3v) is 6.48. The predicted octanol–water partition coefficient (Wildman–Crippen LogP) is 3.31. The van der Waals surface area contributed by atoms with Crippen LogP contribution in [0.5, 0.6) is 0 Å². The molecule has 136 valence electrons. The van der Waals surface area contributed by atoms with E-state index in [9.17, 15) is 23.3 Å². The maximum atomic E-state index is 13.0. The van der Waals surface area contributed by atoms with Gasteiger partial charge in [-0.25, -0.2) is 8.42 Å². The van der Waals surface area contributed by atoms with Crippen molar-refractivity contribution in [3.05, 3.63) is 63.7 Å². The van der Waals surface area contributed by atoms with Crippen LogP contribution in [0.2, 0.25) is 0 Å². The second-order valence-electron chi connectivity index (χ2n) is 5.88. The van der Waals surface area contributed by atoms with E-state index in [-0.39, 0.29) is 22.1 Å². The lowest BCUT2D eigenvalue weighted by atomic mass is 10.0. The lowest BCUT2D eigenvalue weighted by Gasteiger charge is -2.19. The summed E-state index contributed by atoms with van der Waals surface area (Å²) in [6, 6.07) is 10.1. The molecule has 1 unspecified atom stereocenters. The van der Waals surface area contributed by atoms with E-state index in [1.54, 1.807) is 25.1 Å². The fraction of sp³-hybridized carbons (Fsp3) is 0.235. The third-order valence-electron chi connectivity index (χ3n) is 4.21. The van der Waals surface area contributed by atoms with Crippen LogP contribution >= 0.6 is 15.9 Å². The second kappa shape index (κ2) is 6.81. The van der Waals surface area contributed by atoms with Gasteiger partial charge in [0.15, 0.2) is 10.7 Å². The number of halogens is 1. The van der Waals surface area contributed by atoms with Crippen molar-refractivity contribution >= 4 is 43.1 Å². The standard InChI is InChI=1S/C17H15BrN2O5S/c1-11(18)17(21)13-6-7-14-12(10-13)8-9-19(14)26(24,25)16-5-3-2-4-15(16)20(22)23/h2-7,10-11H,8-9H2,1H3. The van der Waals surface area contributed by atoms with Crippen LogP contribution in [-0.2, 0) is 16.4 Å². The van der Waals surface area contributed by atoms with E-state index in [2.05, 4.69) is 15.9 Å². The number of nitro benzene ring substituents is 1. The van der Waals surface area contributed by atoms with E-state index in [1.165, 1.54) is 24.3 Å². The van der Waals surface area contributed by atoms with Crippen molar-refractivity contribution in [1.29, 1.82) is 0 Å². The summed E-state index contributed by atoms with van der Waals surface area (Å²) in [6.07, 6.45) is 0.437. The quantitative estimate of drug-likeness (QED) is 0.308. The van der Waals surface area contributed by atoms with Gasteiger partial charge >= 0.3 is 0 Å². The Balaban J connectivity index is 2.04. The van der Waals surface area contributed by atoms with Crippen molar-refractivity contribution < 1.29 is 18.1 Å². The molecule has 0 radical (unpaired) electrons. The van der Waals surface area contributed by atoms with Crippen LogP contribution in [-0.4, -0.2) is 30.5 Å². The topological polar surface area (TPSA) is 97.6 Å². The summed E-state index contributed by atoms with van der Waals surface area (Å²) in [5, 5.41) is 11.2. The number of nitrogens with zero attached hydrogens (tertiary/aromatic N) is 2. The number of carbonyl (C=O) groups excluding carboxylic acids is 1. The Morgan fingerprint density at radius 2 is 1.96 bits per heavy atom. The van der Waals surface area contributed by atoms with Crippen LogP contribution in [0.15, 0.2) is 47.4 Å². The van der Waals surface area contributed by atoms with Crippen molar-refractivity contribution in [3.63, 3.8) is 0 Å². The van der Waals surface area contributed by atoms with Crippen molar-refractivity contribution in [3.8, 4) is 0 Å². The summed E-state index contributed by atoms with van der Waals surface area (Å²) in [5.74, 6) is -0.0900. The van der Waals surface area contributed by atoms with E-state index in [1.807, 2.05) is 0 Å². The van der Waals surface area contributed by atoms with Crippen molar-refractivity contribution in [2.24, 2.45) is 0 Å². The molecule has 0 amide bonds. The first-order valence-electron chi connectivity index (χ1n) is 7.81. The number of carbonyl (C=O) groups is 1. The minimum atomic E-state index is -4.08. The molecule has 7 nitrogen and oxygen atoms in total. The molecule has 0 aromatic heterocycles. The number of ketones is 1. The minimum absolute atomic E-state index is 0.0900. The molecule has 9 heteroatoms. The summed E-state index contributed by atoms with van der Waals surface area (Å²) in [4.78, 5) is 21.9. The Hall–Kier alpha value is -2.26. The number of para-hydroxylation sites is 1. The highest BCUT2D eigenvalue weighted by Crippen LogP contribution is 2.36. The lowest BCUT2D eigenvalue weighted by Crippen LogP contribution is -2.29. The van der Waals surface area contributed by atoms with Crippen LogP contribution in [0.1, 0.15) is 22.8 Å². The average molecular weight is 439 g/mol. The molecule has 1 heterocycles. The normalized spacial score (nSPS) is 14.8. The number of Topliss-reactive ketones (excluding diaryl/α,β-unsaturated/α-hetero) is 1. The van der Waals surface area contributed by atoms with Crippen molar-refractivity contribution in [2.75, 3.05) is 10.8 Å². The zero-order valence-electron chi connectivity index (χ0n) is 13.8. The molecule has 0 N–H and O–H groups in total. The number of hydrogen-bond donors (Lipinski definition) is 0. The van der Waals surface area contributed by atoms with Crippen LogP contribution in [0, 0.1) is 10.1 Å². The molecule has 1 aliphatic heterocycles. The first kappa shape index (κ1) is 18.5. The van der Waals surface area contributed by atoms with Gasteiger partial charge < -0.3 is 0 Å². The first-order chi connectivity index (χ1) is 12.2. The molecule has 0 saturated carbocycles. The zero-order valence-corrected chi connectivity index (χ0v) is 16.2. The number of fused-ring (bicyclic) bond motifs is 1. The smallest absolute Gasteiger partial charge is 0.289 e. The number of anilines is 1. The van der Waals surface area contributed by atoms with E-state index in [0.717, 1.165) is 9.87 Å². The number of rotatable bonds is 5. The van der Waals surface area contributed by atoms with Crippen molar-refractivity contribution in [1.82, 2.24) is 0 Å². The fourth-order valence-corrected chi connectivity index (χ4v) is 4.88. The SMILES string of the molecule is CC(Br)C(=O)c1ccc2c(c1)CCN2S(=O)(=O)c1ccccc1[N+](=O)[O-]. The molecule has 1 aliphatic rings. The number of benzene rings is 2. The van der Waals surface area contributed by atoms with E-state index < -0.39 is 20.6 Å². The van der Waals surface area contributed by atoms with Crippen molar-refractivity contribution in [2.45, 2.75) is 23.1 Å². The monoisotopic (exact) mass is 438 g/mol. The van der Waals surface area contributed by atoms with Gasteiger partial charge in [0, 0.05) is 18.2 Å². The highest BCUT2D eigenvalue weighted by Gasteiger charge is 2.35. The molecule has 2 aromatic rings. The average Bonchev–Trinajstić information content (AvgIpc) is 3.04. The molecule has 3 rings (SSSR count). The molecule has 0 bridgehead atoms. The summed E-state index contributed by atoms with van der Waals surface area (Å²) in [7, 11) is -4.08. The fourth-order valence-electron chi connectivity index (χ4n) is 2.95. The third kappa shape index (κ3) is 3.12. The second-order valence-corrected chi connectivity index (χ2v) is 9.08. The molecular formula is C17H15BrN2O5S. The van der Waals surface area contributed by atoms with Gasteiger partial charge in [0.1, 0.15) is 0 Å². The molecular weight excluding hydrogens is 424 g/mol. The van der Waals surface area contributed by atoms with Gasteiger partial charge in [-0.15, -0.1) is 0 Å². The Kier molecular flexibility index (Phi) is 4.85. The van der Waals surface area contributed by atoms with Gasteiger partial charge in [0.2, 0.25) is 0 Å². The predicted molar refractivity (Wildman–Crippen MR) is 100 cm³/mol. The van der Waals surface area contributed by atoms with Gasteiger partial charge in [-0.05, 0) is 43.2 Å². The Morgan fingerprint density at radius 3 is 2.62 bits per heavy atom. The molecule has 0 saturated heterocycles. The Morgan fingerprint density at radius 1 is 1.27 bits per heavy atom. The molecule has 0 aliphatic carbocycles. The summed E-state index contributed by atoms with van der Waals surface area (Å²) in [6.45, 7) is 1.89. The zero-order chi connectivity index (χ0) is 19.1. The first-order valence-corrected chi connectivity index (χ1v) is 10.2. The van der Waals surface area contributed by atoms with Gasteiger partial charge in [-0.1, -0.05) is 28.1 Å². The van der Waals surface area contributed by atoms with Crippen LogP contribution in [0.25, 0.3) is 0 Å². The minimum Gasteiger partial charge on any atom is -0.293 e. The van der Waals surface area contributed by atoms with Gasteiger partial charge in [-0.3, -0.25) is 19.2 Å². The summed E-state index contributed by atoms with van der Waals surface area (Å²) < 4.78 is 27.2. The molecule has 2 aromatic carbocycles. The number of alkyl halides is 1. The molecule has 26 heavy (non-hydrogen) atoms. The van der Waals surface area contributed by atoms with E-state index in [4.69, 9.17) is 0 Å². The largest absolute Gasteiger partial charge is 0.293 e. The number of nitro groups is 1. The summed E-state index contributed by atoms with van der Waals surface area (Å²) >= 11 is 3.23. The van der Waals surface area contributed by atoms with E-state index >= 15 is 0 Å². The summed E-state index contributed by atoms with van der Waals surface area (Å²) in [5.41, 5.74) is 1.21. The van der Waals surface area contributed by atoms with Gasteiger partial charge in [0.05, 0.1) is 15.4 Å². The molecule has 1 atom stereocenters. The van der Waals surface area contributed by atoms with E-state index in [0.29, 0.717) is 17.7 Å². The Labute approximate surface area is 159 Å².